The van der Waals surface area contributed by atoms with E-state index in [1.54, 1.807) is 0 Å². The van der Waals surface area contributed by atoms with Crippen molar-refractivity contribution in [3.63, 3.8) is 0 Å². The molecule has 1 aromatic carbocycles. The van der Waals surface area contributed by atoms with Crippen LogP contribution in [-0.4, -0.2) is 24.5 Å². The van der Waals surface area contributed by atoms with Gasteiger partial charge in [-0.05, 0) is 37.3 Å². The Morgan fingerprint density at radius 1 is 1.16 bits per heavy atom. The minimum atomic E-state index is -1.71. The third kappa shape index (κ3) is 4.74. The molecule has 0 aromatic heterocycles. The molecule has 1 atom stereocenters. The Hall–Kier alpha value is -2.05. The number of esters is 1. The molecule has 25 heavy (non-hydrogen) atoms. The topological polar surface area (TPSA) is 55.4 Å². The van der Waals surface area contributed by atoms with Gasteiger partial charge in [-0.1, -0.05) is 26.2 Å². The van der Waals surface area contributed by atoms with E-state index in [2.05, 4.69) is 5.32 Å². The van der Waals surface area contributed by atoms with Gasteiger partial charge >= 0.3 is 5.97 Å². The normalized spacial score (nSPS) is 16.3. The van der Waals surface area contributed by atoms with Gasteiger partial charge in [-0.2, -0.15) is 0 Å². The number of nitrogens with one attached hydrogen (secondary N) is 1. The standard InChI is InChI=1S/C18H22F3NO3/c1-2-10-25-18(24)16(11-6-4-3-5-7-11)22-17(23)12-8-9-13(19)15(21)14(12)20/h8-9,11,16H,2-7,10H2,1H3,(H,22,23). The van der Waals surface area contributed by atoms with Gasteiger partial charge in [0.05, 0.1) is 12.2 Å². The SMILES string of the molecule is CCCOC(=O)C(NC(=O)c1ccc(F)c(F)c1F)C1CCCCC1. The van der Waals surface area contributed by atoms with Crippen molar-refractivity contribution in [3.8, 4) is 0 Å². The predicted molar refractivity (Wildman–Crippen MR) is 85.4 cm³/mol. The summed E-state index contributed by atoms with van der Waals surface area (Å²) in [4.78, 5) is 24.6. The second-order valence-electron chi connectivity index (χ2n) is 6.24. The van der Waals surface area contributed by atoms with Crippen molar-refractivity contribution in [2.75, 3.05) is 6.61 Å². The molecule has 1 unspecified atom stereocenters. The summed E-state index contributed by atoms with van der Waals surface area (Å²) in [6, 6.07) is 0.614. The number of hydrogen-bond donors (Lipinski definition) is 1. The van der Waals surface area contributed by atoms with Crippen LogP contribution in [0.3, 0.4) is 0 Å². The first kappa shape index (κ1) is 19.3. The fraction of sp³-hybridized carbons (Fsp3) is 0.556. The van der Waals surface area contributed by atoms with Gasteiger partial charge in [0.25, 0.3) is 5.91 Å². The van der Waals surface area contributed by atoms with Gasteiger partial charge in [0.1, 0.15) is 6.04 Å². The third-order valence-corrected chi connectivity index (χ3v) is 4.39. The van der Waals surface area contributed by atoms with Gasteiger partial charge in [0, 0.05) is 0 Å². The average molecular weight is 357 g/mol. The van der Waals surface area contributed by atoms with E-state index in [9.17, 15) is 22.8 Å². The lowest BCUT2D eigenvalue weighted by molar-refractivity contribution is -0.147. The van der Waals surface area contributed by atoms with Crippen LogP contribution in [0.2, 0.25) is 0 Å². The number of rotatable bonds is 6. The quantitative estimate of drug-likeness (QED) is 0.623. The van der Waals surface area contributed by atoms with E-state index in [1.807, 2.05) is 6.92 Å². The van der Waals surface area contributed by atoms with Gasteiger partial charge in [-0.25, -0.2) is 18.0 Å². The van der Waals surface area contributed by atoms with Crippen LogP contribution in [-0.2, 0) is 9.53 Å². The molecule has 4 nitrogen and oxygen atoms in total. The van der Waals surface area contributed by atoms with Crippen molar-refractivity contribution in [3.05, 3.63) is 35.1 Å². The van der Waals surface area contributed by atoms with E-state index in [-0.39, 0.29) is 12.5 Å². The minimum Gasteiger partial charge on any atom is -0.464 e. The molecule has 1 aliphatic rings. The Balaban J connectivity index is 2.18. The highest BCUT2D eigenvalue weighted by molar-refractivity contribution is 5.97. The van der Waals surface area contributed by atoms with Crippen LogP contribution in [0.25, 0.3) is 0 Å². The van der Waals surface area contributed by atoms with Crippen molar-refractivity contribution in [1.29, 1.82) is 0 Å². The Morgan fingerprint density at radius 3 is 2.48 bits per heavy atom. The summed E-state index contributed by atoms with van der Waals surface area (Å²) in [5.41, 5.74) is -0.636. The highest BCUT2D eigenvalue weighted by Gasteiger charge is 2.33. The Kier molecular flexibility index (Phi) is 6.84. The molecule has 1 aliphatic carbocycles. The molecule has 0 spiro atoms. The molecule has 1 amide bonds. The lowest BCUT2D eigenvalue weighted by atomic mass is 9.83. The first-order valence-electron chi connectivity index (χ1n) is 8.56. The molecule has 1 aromatic rings. The average Bonchev–Trinajstić information content (AvgIpc) is 2.62. The van der Waals surface area contributed by atoms with Crippen LogP contribution in [0.1, 0.15) is 55.8 Å². The van der Waals surface area contributed by atoms with E-state index in [0.29, 0.717) is 12.5 Å². The largest absolute Gasteiger partial charge is 0.464 e. The van der Waals surface area contributed by atoms with Gasteiger partial charge < -0.3 is 10.1 Å². The second-order valence-corrected chi connectivity index (χ2v) is 6.24. The fourth-order valence-corrected chi connectivity index (χ4v) is 3.05. The van der Waals surface area contributed by atoms with E-state index >= 15 is 0 Å². The number of carbonyl (C=O) groups is 2. The highest BCUT2D eigenvalue weighted by Crippen LogP contribution is 2.27. The van der Waals surface area contributed by atoms with Gasteiger partial charge in [-0.15, -0.1) is 0 Å². The summed E-state index contributed by atoms with van der Waals surface area (Å²) >= 11 is 0. The highest BCUT2D eigenvalue weighted by atomic mass is 19.2. The summed E-state index contributed by atoms with van der Waals surface area (Å²) in [5.74, 6) is -6.31. The molecule has 0 bridgehead atoms. The van der Waals surface area contributed by atoms with E-state index in [1.165, 1.54) is 0 Å². The molecule has 7 heteroatoms. The summed E-state index contributed by atoms with van der Waals surface area (Å²) in [5, 5.41) is 2.46. The summed E-state index contributed by atoms with van der Waals surface area (Å²) < 4.78 is 45.3. The van der Waals surface area contributed by atoms with Crippen LogP contribution in [0.5, 0.6) is 0 Å². The number of hydrogen-bond acceptors (Lipinski definition) is 3. The Bertz CT molecular complexity index is 630. The smallest absolute Gasteiger partial charge is 0.328 e. The van der Waals surface area contributed by atoms with Crippen LogP contribution in [0.15, 0.2) is 12.1 Å². The van der Waals surface area contributed by atoms with Crippen molar-refractivity contribution >= 4 is 11.9 Å². The monoisotopic (exact) mass is 357 g/mol. The van der Waals surface area contributed by atoms with E-state index < -0.39 is 40.9 Å². The van der Waals surface area contributed by atoms with Crippen molar-refractivity contribution in [2.24, 2.45) is 5.92 Å². The predicted octanol–water partition coefficient (Wildman–Crippen LogP) is 3.74. The van der Waals surface area contributed by atoms with Crippen LogP contribution < -0.4 is 5.32 Å². The molecular formula is C18H22F3NO3. The Labute approximate surface area is 144 Å². The maximum Gasteiger partial charge on any atom is 0.328 e. The lowest BCUT2D eigenvalue weighted by Gasteiger charge is -2.29. The van der Waals surface area contributed by atoms with E-state index in [0.717, 1.165) is 38.2 Å². The molecule has 1 fully saturated rings. The zero-order valence-corrected chi connectivity index (χ0v) is 14.1. The lowest BCUT2D eigenvalue weighted by Crippen LogP contribution is -2.47. The number of benzene rings is 1. The number of halogens is 3. The van der Waals surface area contributed by atoms with Crippen molar-refractivity contribution in [1.82, 2.24) is 5.32 Å². The molecule has 1 N–H and O–H groups in total. The molecule has 0 saturated heterocycles. The van der Waals surface area contributed by atoms with Gasteiger partial charge in [-0.3, -0.25) is 4.79 Å². The summed E-state index contributed by atoms with van der Waals surface area (Å²) in [6.07, 6.45) is 5.03. The zero-order chi connectivity index (χ0) is 18.4. The fourth-order valence-electron chi connectivity index (χ4n) is 3.05. The van der Waals surface area contributed by atoms with Crippen molar-refractivity contribution < 1.29 is 27.5 Å². The Morgan fingerprint density at radius 2 is 1.84 bits per heavy atom. The summed E-state index contributed by atoms with van der Waals surface area (Å²) in [6.45, 7) is 2.07. The van der Waals surface area contributed by atoms with Crippen molar-refractivity contribution in [2.45, 2.75) is 51.5 Å². The van der Waals surface area contributed by atoms with Crippen LogP contribution >= 0.6 is 0 Å². The maximum atomic E-state index is 13.8. The number of ether oxygens (including phenoxy) is 1. The number of carbonyl (C=O) groups excluding carboxylic acids is 2. The second kappa shape index (κ2) is 8.87. The zero-order valence-electron chi connectivity index (χ0n) is 14.1. The van der Waals surface area contributed by atoms with Gasteiger partial charge in [0.15, 0.2) is 17.5 Å². The molecule has 138 valence electrons. The number of amides is 1. The molecular weight excluding hydrogens is 335 g/mol. The van der Waals surface area contributed by atoms with Crippen LogP contribution in [0.4, 0.5) is 13.2 Å². The maximum absolute atomic E-state index is 13.8. The molecule has 0 radical (unpaired) electrons. The molecule has 0 heterocycles. The molecule has 0 aliphatic heterocycles. The summed E-state index contributed by atoms with van der Waals surface area (Å²) in [7, 11) is 0. The molecule has 2 rings (SSSR count). The first-order valence-corrected chi connectivity index (χ1v) is 8.56. The molecule has 1 saturated carbocycles. The first-order chi connectivity index (χ1) is 12.0. The third-order valence-electron chi connectivity index (χ3n) is 4.39. The minimum absolute atomic E-state index is 0.115. The van der Waals surface area contributed by atoms with Gasteiger partial charge in [0.2, 0.25) is 0 Å². The van der Waals surface area contributed by atoms with E-state index in [4.69, 9.17) is 4.74 Å². The van der Waals surface area contributed by atoms with Crippen LogP contribution in [0, 0.1) is 23.4 Å².